The molecule has 4 N–H and O–H groups in total. The normalized spacial score (nSPS) is 11.1. The van der Waals surface area contributed by atoms with Crippen molar-refractivity contribution in [1.29, 1.82) is 0 Å². The Bertz CT molecular complexity index is 2290. The number of benzene rings is 4. The summed E-state index contributed by atoms with van der Waals surface area (Å²) in [4.78, 5) is 60.7. The van der Waals surface area contributed by atoms with Crippen molar-refractivity contribution in [2.75, 3.05) is 28.4 Å². The Morgan fingerprint density at radius 3 is 1.31 bits per heavy atom. The number of nitrogens with two attached hydrogens (primary N) is 2. The Kier molecular flexibility index (Phi) is 10.0. The topological polar surface area (TPSA) is 193 Å². The number of rotatable bonds is 11. The van der Waals surface area contributed by atoms with Crippen LogP contribution < -0.4 is 20.9 Å². The molecule has 14 nitrogen and oxygen atoms in total. The summed E-state index contributed by atoms with van der Waals surface area (Å²) >= 11 is 6.87. The zero-order chi connectivity index (χ0) is 37.4. The van der Waals surface area contributed by atoms with Gasteiger partial charge in [0.05, 0.1) is 61.7 Å². The van der Waals surface area contributed by atoms with E-state index in [-0.39, 0.29) is 46.8 Å². The predicted octanol–water partition coefficient (Wildman–Crippen LogP) is 5.73. The number of aryl methyl sites for hydroxylation is 2. The van der Waals surface area contributed by atoms with Gasteiger partial charge >= 0.3 is 11.9 Å². The number of aromatic nitrogens is 4. The number of methoxy groups -OCH3 is 4. The van der Waals surface area contributed by atoms with E-state index < -0.39 is 23.8 Å². The average Bonchev–Trinajstić information content (AvgIpc) is 3.70. The zero-order valence-electron chi connectivity index (χ0n) is 28.2. The minimum absolute atomic E-state index is 0.126. The maximum Gasteiger partial charge on any atom is 0.338 e. The van der Waals surface area contributed by atoms with Crippen LogP contribution in [-0.2, 0) is 22.6 Å². The predicted molar refractivity (Wildman–Crippen MR) is 199 cm³/mol. The molecule has 0 bridgehead atoms. The molecule has 0 fully saturated rings. The first kappa shape index (κ1) is 36.1. The summed E-state index contributed by atoms with van der Waals surface area (Å²) in [7, 11) is 5.39. The molecular weight excluding hydrogens is 804 g/mol. The molecule has 16 heteroatoms. The largest absolute Gasteiger partial charge is 0.494 e. The standard InChI is InChI=1S/C36H30Br2N6O8/c1-49-29-21(31(39)45)9-11-25-27(29)41-33(19-7-5-17(37)15-23(19)35(47)51-3)43(25)13-14-44-26-12-10-22(32(40)46)30(50-2)28(26)42-34(44)20-8-6-18(38)16-24(20)36(48)52-4/h5-12,15-16H,13-14H2,1-4H3,(H2,39,45)(H2,40,46). The van der Waals surface area contributed by atoms with Crippen LogP contribution in [0.3, 0.4) is 0 Å². The van der Waals surface area contributed by atoms with Crippen LogP contribution in [-0.4, -0.2) is 71.3 Å². The van der Waals surface area contributed by atoms with Crippen LogP contribution >= 0.6 is 31.9 Å². The van der Waals surface area contributed by atoms with Gasteiger partial charge in [-0.2, -0.15) is 0 Å². The molecule has 6 aromatic rings. The molecule has 2 aromatic heterocycles. The summed E-state index contributed by atoms with van der Waals surface area (Å²) < 4.78 is 26.5. The summed E-state index contributed by atoms with van der Waals surface area (Å²) in [6.45, 7) is 0.397. The molecule has 0 saturated heterocycles. The Morgan fingerprint density at radius 1 is 0.596 bits per heavy atom. The van der Waals surface area contributed by atoms with Gasteiger partial charge in [-0.25, -0.2) is 19.6 Å². The van der Waals surface area contributed by atoms with E-state index in [4.69, 9.17) is 40.4 Å². The third kappa shape index (κ3) is 6.23. The van der Waals surface area contributed by atoms with E-state index in [2.05, 4.69) is 31.9 Å². The molecule has 2 heterocycles. The molecule has 0 radical (unpaired) electrons. The number of esters is 2. The monoisotopic (exact) mass is 832 g/mol. The fourth-order valence-electron chi connectivity index (χ4n) is 6.18. The first-order valence-electron chi connectivity index (χ1n) is 15.4. The number of hydrogen-bond acceptors (Lipinski definition) is 10. The van der Waals surface area contributed by atoms with E-state index >= 15 is 0 Å². The smallest absolute Gasteiger partial charge is 0.338 e. The first-order valence-corrected chi connectivity index (χ1v) is 17.0. The van der Waals surface area contributed by atoms with Crippen LogP contribution in [0, 0.1) is 0 Å². The Labute approximate surface area is 312 Å². The lowest BCUT2D eigenvalue weighted by atomic mass is 10.1. The van der Waals surface area contributed by atoms with Gasteiger partial charge in [0.1, 0.15) is 22.7 Å². The summed E-state index contributed by atoms with van der Waals surface area (Å²) in [6, 6.07) is 16.7. The van der Waals surface area contributed by atoms with E-state index in [0.717, 1.165) is 0 Å². The number of ether oxygens (including phenoxy) is 4. The van der Waals surface area contributed by atoms with E-state index in [1.54, 1.807) is 60.7 Å². The summed E-state index contributed by atoms with van der Waals surface area (Å²) in [5.74, 6) is -1.54. The fraction of sp³-hybridized carbons (Fsp3) is 0.167. The minimum Gasteiger partial charge on any atom is -0.494 e. The average molecular weight is 834 g/mol. The SMILES string of the molecule is COC(=O)c1cc(Br)ccc1-c1nc2c(OC)c(C(N)=O)ccc2n1CCn1c(-c2ccc(Br)cc2C(=O)OC)nc2c(OC)c(C(N)=O)ccc21. The molecule has 0 atom stereocenters. The van der Waals surface area contributed by atoms with Crippen molar-refractivity contribution in [3.05, 3.63) is 91.9 Å². The van der Waals surface area contributed by atoms with Gasteiger partial charge in [0, 0.05) is 33.2 Å². The molecule has 0 unspecified atom stereocenters. The fourth-order valence-corrected chi connectivity index (χ4v) is 6.90. The van der Waals surface area contributed by atoms with E-state index in [9.17, 15) is 19.2 Å². The maximum atomic E-state index is 13.1. The van der Waals surface area contributed by atoms with Crippen LogP contribution in [0.5, 0.6) is 11.5 Å². The molecular formula is C36H30Br2N6O8. The van der Waals surface area contributed by atoms with Crippen molar-refractivity contribution in [3.63, 3.8) is 0 Å². The molecule has 0 aliphatic heterocycles. The maximum absolute atomic E-state index is 13.1. The van der Waals surface area contributed by atoms with Crippen molar-refractivity contribution in [2.45, 2.75) is 13.1 Å². The molecule has 52 heavy (non-hydrogen) atoms. The van der Waals surface area contributed by atoms with Crippen molar-refractivity contribution < 1.29 is 38.1 Å². The second-order valence-corrected chi connectivity index (χ2v) is 13.1. The van der Waals surface area contributed by atoms with Crippen LogP contribution in [0.1, 0.15) is 41.4 Å². The Morgan fingerprint density at radius 2 is 0.981 bits per heavy atom. The first-order chi connectivity index (χ1) is 24.9. The third-order valence-corrected chi connectivity index (χ3v) is 9.48. The quantitative estimate of drug-likeness (QED) is 0.152. The van der Waals surface area contributed by atoms with Gasteiger partial charge in [-0.05, 0) is 60.7 Å². The van der Waals surface area contributed by atoms with Crippen molar-refractivity contribution in [1.82, 2.24) is 19.1 Å². The summed E-state index contributed by atoms with van der Waals surface area (Å²) in [5, 5.41) is 0. The van der Waals surface area contributed by atoms with E-state index in [0.29, 0.717) is 53.8 Å². The number of halogens is 2. The van der Waals surface area contributed by atoms with Gasteiger partial charge in [-0.3, -0.25) is 9.59 Å². The molecule has 266 valence electrons. The highest BCUT2D eigenvalue weighted by atomic mass is 79.9. The number of primary amides is 2. The van der Waals surface area contributed by atoms with Crippen LogP contribution in [0.25, 0.3) is 44.8 Å². The molecule has 0 saturated carbocycles. The van der Waals surface area contributed by atoms with Crippen molar-refractivity contribution >= 4 is 77.7 Å². The molecule has 6 rings (SSSR count). The number of amides is 2. The zero-order valence-corrected chi connectivity index (χ0v) is 31.3. The molecule has 0 aliphatic carbocycles. The number of carbonyl (C=O) groups is 4. The van der Waals surface area contributed by atoms with Crippen LogP contribution in [0.2, 0.25) is 0 Å². The lowest BCUT2D eigenvalue weighted by Crippen LogP contribution is -2.14. The Balaban J connectivity index is 1.63. The molecule has 2 amide bonds. The second-order valence-electron chi connectivity index (χ2n) is 11.3. The van der Waals surface area contributed by atoms with Gasteiger partial charge in [0.25, 0.3) is 11.8 Å². The highest BCUT2D eigenvalue weighted by molar-refractivity contribution is 9.10. The van der Waals surface area contributed by atoms with Gasteiger partial charge in [0.2, 0.25) is 0 Å². The molecule has 0 aliphatic rings. The lowest BCUT2D eigenvalue weighted by molar-refractivity contribution is 0.0592. The van der Waals surface area contributed by atoms with Crippen LogP contribution in [0.4, 0.5) is 0 Å². The number of nitrogens with zero attached hydrogens (tertiary/aromatic N) is 4. The molecule has 4 aromatic carbocycles. The molecule has 0 spiro atoms. The van der Waals surface area contributed by atoms with E-state index in [1.165, 1.54) is 28.4 Å². The number of hydrogen-bond donors (Lipinski definition) is 2. The number of fused-ring (bicyclic) bond motifs is 2. The van der Waals surface area contributed by atoms with Gasteiger partial charge in [-0.15, -0.1) is 0 Å². The Hall–Kier alpha value is -5.74. The van der Waals surface area contributed by atoms with Crippen molar-refractivity contribution in [2.24, 2.45) is 11.5 Å². The number of imidazole rings is 2. The lowest BCUT2D eigenvalue weighted by Gasteiger charge is -2.16. The minimum atomic E-state index is -0.705. The highest BCUT2D eigenvalue weighted by Crippen LogP contribution is 2.38. The van der Waals surface area contributed by atoms with E-state index in [1.807, 2.05) is 9.13 Å². The summed E-state index contributed by atoms with van der Waals surface area (Å²) in [6.07, 6.45) is 0. The van der Waals surface area contributed by atoms with Gasteiger partial charge in [-0.1, -0.05) is 31.9 Å². The van der Waals surface area contributed by atoms with Crippen LogP contribution in [0.15, 0.2) is 69.6 Å². The third-order valence-electron chi connectivity index (χ3n) is 8.49. The highest BCUT2D eigenvalue weighted by Gasteiger charge is 2.27. The number of carbonyl (C=O) groups excluding carboxylic acids is 4. The van der Waals surface area contributed by atoms with Crippen molar-refractivity contribution in [3.8, 4) is 34.3 Å². The van der Waals surface area contributed by atoms with Gasteiger partial charge in [0.15, 0.2) is 11.5 Å². The van der Waals surface area contributed by atoms with Gasteiger partial charge < -0.3 is 39.5 Å². The summed E-state index contributed by atoms with van der Waals surface area (Å²) in [5.41, 5.74) is 14.8. The second kappa shape index (κ2) is 14.5.